The second-order valence-electron chi connectivity index (χ2n) is 2.57. The molecule has 0 aliphatic rings. The molecule has 1 aromatic heterocycles. The van der Waals surface area contributed by atoms with Gasteiger partial charge in [-0.1, -0.05) is 0 Å². The summed E-state index contributed by atoms with van der Waals surface area (Å²) in [5.41, 5.74) is 9.78. The minimum Gasteiger partial charge on any atom is -0.412 e. The van der Waals surface area contributed by atoms with Crippen molar-refractivity contribution < 1.29 is 5.48 Å². The molecule has 0 unspecified atom stereocenters. The highest BCUT2D eigenvalue weighted by Gasteiger charge is 1.99. The van der Waals surface area contributed by atoms with Gasteiger partial charge in [-0.3, -0.25) is 4.98 Å². The van der Waals surface area contributed by atoms with E-state index in [2.05, 4.69) is 4.98 Å². The normalized spacial score (nSPS) is 9.00. The fraction of sp³-hybridized carbons (Fsp3) is 0.375. The quantitative estimate of drug-likeness (QED) is 0.599. The van der Waals surface area contributed by atoms with E-state index in [0.29, 0.717) is 0 Å². The van der Waals surface area contributed by atoms with Gasteiger partial charge >= 0.3 is 0 Å². The third kappa shape index (κ3) is 1.68. The van der Waals surface area contributed by atoms with E-state index in [4.69, 9.17) is 5.73 Å². The Bertz CT molecular complexity index is 232. The molecule has 1 rings (SSSR count). The van der Waals surface area contributed by atoms with E-state index in [1.54, 1.807) is 6.20 Å². The topological polar surface area (TPSA) is 70.4 Å². The van der Waals surface area contributed by atoms with Crippen molar-refractivity contribution in [3.63, 3.8) is 0 Å². The van der Waals surface area contributed by atoms with Gasteiger partial charge in [0.25, 0.3) is 0 Å². The monoisotopic (exact) mass is 154 g/mol. The molecule has 0 fully saturated rings. The van der Waals surface area contributed by atoms with Gasteiger partial charge in [-0.15, -0.1) is 0 Å². The van der Waals surface area contributed by atoms with Crippen LogP contribution in [0.5, 0.6) is 0 Å². The second-order valence-corrected chi connectivity index (χ2v) is 2.57. The first kappa shape index (κ1) is 9.91. The molecule has 0 aliphatic heterocycles. The van der Waals surface area contributed by atoms with Crippen molar-refractivity contribution >= 4 is 5.69 Å². The van der Waals surface area contributed by atoms with Gasteiger partial charge in [0.05, 0.1) is 0 Å². The van der Waals surface area contributed by atoms with E-state index in [1.807, 2.05) is 20.8 Å². The van der Waals surface area contributed by atoms with E-state index in [9.17, 15) is 0 Å². The van der Waals surface area contributed by atoms with Crippen molar-refractivity contribution in [1.82, 2.24) is 4.98 Å². The van der Waals surface area contributed by atoms with Gasteiger partial charge < -0.3 is 11.2 Å². The first-order valence-electron chi connectivity index (χ1n) is 3.31. The number of hydrogen-bond donors (Lipinski definition) is 1. The zero-order chi connectivity index (χ0) is 7.72. The Morgan fingerprint density at radius 3 is 2.27 bits per heavy atom. The van der Waals surface area contributed by atoms with E-state index < -0.39 is 0 Å². The molecule has 62 valence electrons. The van der Waals surface area contributed by atoms with Crippen molar-refractivity contribution in [1.29, 1.82) is 0 Å². The number of rotatable bonds is 0. The molecule has 4 N–H and O–H groups in total. The zero-order valence-electron chi connectivity index (χ0n) is 7.10. The lowest BCUT2D eigenvalue weighted by Gasteiger charge is -2.04. The zero-order valence-corrected chi connectivity index (χ0v) is 7.10. The number of aryl methyl sites for hydroxylation is 2. The first-order chi connectivity index (χ1) is 4.63. The second kappa shape index (κ2) is 3.34. The lowest BCUT2D eigenvalue weighted by atomic mass is 10.1. The fourth-order valence-corrected chi connectivity index (χ4v) is 0.851. The molecule has 0 saturated carbocycles. The van der Waals surface area contributed by atoms with Crippen LogP contribution in [0.3, 0.4) is 0 Å². The molecule has 3 nitrogen and oxygen atoms in total. The number of anilines is 1. The predicted molar refractivity (Wildman–Crippen MR) is 46.5 cm³/mol. The molecule has 0 radical (unpaired) electrons. The van der Waals surface area contributed by atoms with Crippen molar-refractivity contribution in [2.24, 2.45) is 0 Å². The number of aromatic nitrogens is 1. The van der Waals surface area contributed by atoms with Gasteiger partial charge in [0.2, 0.25) is 0 Å². The van der Waals surface area contributed by atoms with Crippen molar-refractivity contribution in [3.05, 3.63) is 23.0 Å². The molecule has 1 aromatic rings. The molecule has 0 aliphatic carbocycles. The first-order valence-corrected chi connectivity index (χ1v) is 3.31. The van der Waals surface area contributed by atoms with E-state index in [-0.39, 0.29) is 5.48 Å². The average Bonchev–Trinajstić information content (AvgIpc) is 1.93. The standard InChI is InChI=1S/C8H12N2.H2O/c1-5-4-10-7(3)6(2)8(5)9;/h4H,1-3H3,(H2,9,10);1H2. The summed E-state index contributed by atoms with van der Waals surface area (Å²) >= 11 is 0. The third-order valence-corrected chi connectivity index (χ3v) is 1.82. The number of hydrogen-bond acceptors (Lipinski definition) is 2. The van der Waals surface area contributed by atoms with Crippen LogP contribution in [0, 0.1) is 20.8 Å². The van der Waals surface area contributed by atoms with Crippen LogP contribution in [0.25, 0.3) is 0 Å². The Morgan fingerprint density at radius 1 is 1.27 bits per heavy atom. The van der Waals surface area contributed by atoms with Crippen LogP contribution < -0.4 is 5.73 Å². The molecule has 0 saturated heterocycles. The van der Waals surface area contributed by atoms with Crippen LogP contribution in [0.1, 0.15) is 16.8 Å². The SMILES string of the molecule is Cc1cnc(C)c(C)c1N.O. The third-order valence-electron chi connectivity index (χ3n) is 1.82. The summed E-state index contributed by atoms with van der Waals surface area (Å²) in [6.07, 6.45) is 1.80. The van der Waals surface area contributed by atoms with E-state index in [0.717, 1.165) is 22.5 Å². The lowest BCUT2D eigenvalue weighted by molar-refractivity contribution is 0.824. The summed E-state index contributed by atoms with van der Waals surface area (Å²) in [4.78, 5) is 4.16. The van der Waals surface area contributed by atoms with E-state index in [1.165, 1.54) is 0 Å². The average molecular weight is 154 g/mol. The van der Waals surface area contributed by atoms with Crippen LogP contribution in [-0.2, 0) is 0 Å². The number of nitrogens with zero attached hydrogens (tertiary/aromatic N) is 1. The maximum absolute atomic E-state index is 5.74. The van der Waals surface area contributed by atoms with E-state index >= 15 is 0 Å². The maximum Gasteiger partial charge on any atom is 0.0422 e. The molecule has 0 spiro atoms. The van der Waals surface area contributed by atoms with Gasteiger partial charge in [-0.05, 0) is 31.9 Å². The van der Waals surface area contributed by atoms with Crippen LogP contribution in [0.15, 0.2) is 6.20 Å². The number of nitrogens with two attached hydrogens (primary N) is 1. The molecule has 0 aromatic carbocycles. The summed E-state index contributed by atoms with van der Waals surface area (Å²) in [5.74, 6) is 0. The molecular weight excluding hydrogens is 140 g/mol. The molecule has 1 heterocycles. The predicted octanol–water partition coefficient (Wildman–Crippen LogP) is 0.764. The highest BCUT2D eigenvalue weighted by atomic mass is 16.0. The lowest BCUT2D eigenvalue weighted by Crippen LogP contribution is -1.97. The molecular formula is C8H14N2O. The fourth-order valence-electron chi connectivity index (χ4n) is 0.851. The minimum absolute atomic E-state index is 0. The summed E-state index contributed by atoms with van der Waals surface area (Å²) < 4.78 is 0. The largest absolute Gasteiger partial charge is 0.412 e. The van der Waals surface area contributed by atoms with Gasteiger partial charge in [0, 0.05) is 17.6 Å². The smallest absolute Gasteiger partial charge is 0.0422 e. The Morgan fingerprint density at radius 2 is 1.82 bits per heavy atom. The van der Waals surface area contributed by atoms with Crippen LogP contribution in [0.2, 0.25) is 0 Å². The number of nitrogen functional groups attached to an aromatic ring is 1. The van der Waals surface area contributed by atoms with Crippen LogP contribution in [0.4, 0.5) is 5.69 Å². The Labute approximate surface area is 66.6 Å². The summed E-state index contributed by atoms with van der Waals surface area (Å²) in [6, 6.07) is 0. The summed E-state index contributed by atoms with van der Waals surface area (Å²) in [7, 11) is 0. The Hall–Kier alpha value is -1.09. The molecule has 3 heteroatoms. The minimum atomic E-state index is 0. The molecule has 0 bridgehead atoms. The van der Waals surface area contributed by atoms with Crippen molar-refractivity contribution in [2.75, 3.05) is 5.73 Å². The summed E-state index contributed by atoms with van der Waals surface area (Å²) in [5, 5.41) is 0. The summed E-state index contributed by atoms with van der Waals surface area (Å²) in [6.45, 7) is 5.92. The maximum atomic E-state index is 5.74. The van der Waals surface area contributed by atoms with Crippen molar-refractivity contribution in [2.45, 2.75) is 20.8 Å². The van der Waals surface area contributed by atoms with Gasteiger partial charge in [0.15, 0.2) is 0 Å². The molecule has 11 heavy (non-hydrogen) atoms. The van der Waals surface area contributed by atoms with Gasteiger partial charge in [-0.2, -0.15) is 0 Å². The number of pyridine rings is 1. The van der Waals surface area contributed by atoms with Crippen LogP contribution in [-0.4, -0.2) is 10.5 Å². The van der Waals surface area contributed by atoms with Crippen LogP contribution >= 0.6 is 0 Å². The molecule has 0 atom stereocenters. The molecule has 0 amide bonds. The van der Waals surface area contributed by atoms with Gasteiger partial charge in [0.1, 0.15) is 0 Å². The highest BCUT2D eigenvalue weighted by Crippen LogP contribution is 2.16. The van der Waals surface area contributed by atoms with Gasteiger partial charge in [-0.25, -0.2) is 0 Å². The Balaban J connectivity index is 0.000001000. The van der Waals surface area contributed by atoms with Crippen molar-refractivity contribution in [3.8, 4) is 0 Å². The highest BCUT2D eigenvalue weighted by molar-refractivity contribution is 5.52. The Kier molecular flexibility index (Phi) is 3.01.